The molecule has 0 aliphatic rings. The Kier molecular flexibility index (Phi) is 4.25. The summed E-state index contributed by atoms with van der Waals surface area (Å²) < 4.78 is 9.99. The molecule has 0 radical (unpaired) electrons. The molecule has 0 fully saturated rings. The van der Waals surface area contributed by atoms with E-state index in [1.54, 1.807) is 29.2 Å². The van der Waals surface area contributed by atoms with Crippen molar-refractivity contribution in [2.45, 2.75) is 12.6 Å². The van der Waals surface area contributed by atoms with Crippen LogP contribution in [0.1, 0.15) is 0 Å². The molecule has 0 bridgehead atoms. The van der Waals surface area contributed by atoms with Crippen LogP contribution in [-0.2, 0) is 6.54 Å². The van der Waals surface area contributed by atoms with E-state index in [1.807, 2.05) is 0 Å². The SMILES string of the molecule is OC(CNc1c(Cl)cc(Cl)c2nsnc12)Cn1cccn1. The summed E-state index contributed by atoms with van der Waals surface area (Å²) in [5.41, 5.74) is 1.85. The van der Waals surface area contributed by atoms with Crippen LogP contribution >= 0.6 is 34.9 Å². The molecule has 0 aliphatic carbocycles. The van der Waals surface area contributed by atoms with Gasteiger partial charge in [0.2, 0.25) is 0 Å². The van der Waals surface area contributed by atoms with Crippen LogP contribution in [0.2, 0.25) is 10.0 Å². The molecule has 2 heterocycles. The number of nitrogens with one attached hydrogen (secondary N) is 1. The van der Waals surface area contributed by atoms with Crippen molar-refractivity contribution >= 4 is 51.7 Å². The maximum atomic E-state index is 10.0. The second-order valence-corrected chi connectivity index (χ2v) is 5.78. The van der Waals surface area contributed by atoms with Crippen LogP contribution in [0.5, 0.6) is 0 Å². The van der Waals surface area contributed by atoms with Crippen LogP contribution in [0.3, 0.4) is 0 Å². The van der Waals surface area contributed by atoms with Crippen LogP contribution in [0.15, 0.2) is 24.5 Å². The molecule has 3 rings (SSSR count). The van der Waals surface area contributed by atoms with Gasteiger partial charge in [-0.15, -0.1) is 0 Å². The number of aromatic nitrogens is 4. The van der Waals surface area contributed by atoms with Gasteiger partial charge in [0, 0.05) is 18.9 Å². The average molecular weight is 344 g/mol. The smallest absolute Gasteiger partial charge is 0.130 e. The van der Waals surface area contributed by atoms with E-state index in [2.05, 4.69) is 19.2 Å². The summed E-state index contributed by atoms with van der Waals surface area (Å²) in [6.07, 6.45) is 2.85. The van der Waals surface area contributed by atoms with Crippen molar-refractivity contribution in [3.8, 4) is 0 Å². The predicted octanol–water partition coefficient (Wildman–Crippen LogP) is 2.67. The first-order chi connectivity index (χ1) is 10.1. The fraction of sp³-hybridized carbons (Fsp3) is 0.250. The summed E-state index contributed by atoms with van der Waals surface area (Å²) in [5.74, 6) is 0. The molecule has 1 atom stereocenters. The van der Waals surface area contributed by atoms with Gasteiger partial charge in [-0.05, 0) is 12.1 Å². The molecule has 6 nitrogen and oxygen atoms in total. The zero-order chi connectivity index (χ0) is 14.8. The van der Waals surface area contributed by atoms with Gasteiger partial charge in [0.25, 0.3) is 0 Å². The Morgan fingerprint density at radius 1 is 1.29 bits per heavy atom. The van der Waals surface area contributed by atoms with E-state index in [9.17, 15) is 5.11 Å². The molecule has 110 valence electrons. The number of anilines is 1. The van der Waals surface area contributed by atoms with Gasteiger partial charge in [-0.3, -0.25) is 4.68 Å². The summed E-state index contributed by atoms with van der Waals surface area (Å²) in [6.45, 7) is 0.706. The van der Waals surface area contributed by atoms with E-state index in [0.717, 1.165) is 11.7 Å². The highest BCUT2D eigenvalue weighted by Crippen LogP contribution is 2.35. The van der Waals surface area contributed by atoms with E-state index < -0.39 is 6.10 Å². The number of rotatable bonds is 5. The van der Waals surface area contributed by atoms with E-state index in [-0.39, 0.29) is 0 Å². The molecule has 21 heavy (non-hydrogen) atoms. The van der Waals surface area contributed by atoms with Crippen molar-refractivity contribution in [1.82, 2.24) is 18.5 Å². The molecule has 3 aromatic rings. The topological polar surface area (TPSA) is 75.9 Å². The number of halogens is 2. The number of aliphatic hydroxyl groups excluding tert-OH is 1. The molecular formula is C12H11Cl2N5OS. The summed E-state index contributed by atoms with van der Waals surface area (Å²) in [7, 11) is 0. The molecule has 9 heteroatoms. The number of fused-ring (bicyclic) bond motifs is 1. The van der Waals surface area contributed by atoms with Crippen LogP contribution < -0.4 is 5.32 Å². The Morgan fingerprint density at radius 3 is 2.86 bits per heavy atom. The van der Waals surface area contributed by atoms with Gasteiger partial charge in [0.1, 0.15) is 11.0 Å². The van der Waals surface area contributed by atoms with E-state index in [0.29, 0.717) is 39.9 Å². The van der Waals surface area contributed by atoms with E-state index in [4.69, 9.17) is 23.2 Å². The lowest BCUT2D eigenvalue weighted by molar-refractivity contribution is 0.161. The van der Waals surface area contributed by atoms with Crippen molar-refractivity contribution in [2.75, 3.05) is 11.9 Å². The second-order valence-electron chi connectivity index (χ2n) is 4.44. The molecule has 2 aromatic heterocycles. The van der Waals surface area contributed by atoms with Gasteiger partial charge < -0.3 is 10.4 Å². The van der Waals surface area contributed by atoms with Crippen molar-refractivity contribution in [2.24, 2.45) is 0 Å². The molecular weight excluding hydrogens is 333 g/mol. The summed E-state index contributed by atoms with van der Waals surface area (Å²) >= 11 is 13.3. The fourth-order valence-corrected chi connectivity index (χ4v) is 3.13. The lowest BCUT2D eigenvalue weighted by atomic mass is 10.2. The third-order valence-corrected chi connectivity index (χ3v) is 4.03. The Labute approximate surface area is 134 Å². The minimum atomic E-state index is -0.613. The molecule has 2 N–H and O–H groups in total. The Hall–Kier alpha value is -1.41. The van der Waals surface area contributed by atoms with Gasteiger partial charge in [0.15, 0.2) is 0 Å². The third kappa shape index (κ3) is 3.11. The lowest BCUT2D eigenvalue weighted by Gasteiger charge is -2.14. The minimum Gasteiger partial charge on any atom is -0.389 e. The maximum absolute atomic E-state index is 10.0. The van der Waals surface area contributed by atoms with Crippen LogP contribution in [0, 0.1) is 0 Å². The summed E-state index contributed by atoms with van der Waals surface area (Å²) in [5, 5.41) is 18.1. The van der Waals surface area contributed by atoms with Crippen LogP contribution in [0.4, 0.5) is 5.69 Å². The van der Waals surface area contributed by atoms with Crippen molar-refractivity contribution in [1.29, 1.82) is 0 Å². The van der Waals surface area contributed by atoms with Crippen LogP contribution in [-0.4, -0.2) is 36.3 Å². The summed E-state index contributed by atoms with van der Waals surface area (Å²) in [4.78, 5) is 0. The predicted molar refractivity (Wildman–Crippen MR) is 84.2 cm³/mol. The van der Waals surface area contributed by atoms with E-state index in [1.165, 1.54) is 0 Å². The fourth-order valence-electron chi connectivity index (χ4n) is 1.95. The first-order valence-electron chi connectivity index (χ1n) is 6.15. The zero-order valence-corrected chi connectivity index (χ0v) is 13.0. The third-order valence-electron chi connectivity index (χ3n) is 2.92. The molecule has 0 amide bonds. The maximum Gasteiger partial charge on any atom is 0.130 e. The van der Waals surface area contributed by atoms with Gasteiger partial charge >= 0.3 is 0 Å². The highest BCUT2D eigenvalue weighted by molar-refractivity contribution is 7.00. The molecule has 0 spiro atoms. The highest BCUT2D eigenvalue weighted by Gasteiger charge is 2.15. The standard InChI is InChI=1S/C12H11Cl2N5OS/c13-8-4-9(14)11-12(18-21-17-11)10(8)15-5-7(20)6-19-3-1-2-16-19/h1-4,7,15,20H,5-6H2. The number of nitrogens with zero attached hydrogens (tertiary/aromatic N) is 4. The Balaban J connectivity index is 1.74. The molecule has 0 saturated carbocycles. The monoisotopic (exact) mass is 343 g/mol. The minimum absolute atomic E-state index is 0.313. The Morgan fingerprint density at radius 2 is 2.10 bits per heavy atom. The van der Waals surface area contributed by atoms with Gasteiger partial charge in [-0.1, -0.05) is 23.2 Å². The molecule has 0 saturated heterocycles. The molecule has 1 unspecified atom stereocenters. The number of benzene rings is 1. The molecule has 0 aliphatic heterocycles. The van der Waals surface area contributed by atoms with Gasteiger partial charge in [-0.25, -0.2) is 0 Å². The van der Waals surface area contributed by atoms with Crippen molar-refractivity contribution < 1.29 is 5.11 Å². The average Bonchev–Trinajstić information content (AvgIpc) is 3.09. The molecule has 1 aromatic carbocycles. The first kappa shape index (κ1) is 14.5. The number of hydrogen-bond acceptors (Lipinski definition) is 6. The van der Waals surface area contributed by atoms with Crippen molar-refractivity contribution in [3.63, 3.8) is 0 Å². The van der Waals surface area contributed by atoms with E-state index >= 15 is 0 Å². The second kappa shape index (κ2) is 6.15. The highest BCUT2D eigenvalue weighted by atomic mass is 35.5. The Bertz CT molecular complexity index is 746. The van der Waals surface area contributed by atoms with Crippen molar-refractivity contribution in [3.05, 3.63) is 34.6 Å². The first-order valence-corrected chi connectivity index (χ1v) is 7.63. The number of hydrogen-bond donors (Lipinski definition) is 2. The van der Waals surface area contributed by atoms with Crippen LogP contribution in [0.25, 0.3) is 11.0 Å². The normalized spacial score (nSPS) is 12.7. The van der Waals surface area contributed by atoms with Gasteiger partial charge in [0.05, 0.1) is 40.1 Å². The largest absolute Gasteiger partial charge is 0.389 e. The van der Waals surface area contributed by atoms with Gasteiger partial charge in [-0.2, -0.15) is 13.8 Å². The quantitative estimate of drug-likeness (QED) is 0.744. The number of aliphatic hydroxyl groups is 1. The summed E-state index contributed by atoms with van der Waals surface area (Å²) in [6, 6.07) is 3.43. The lowest BCUT2D eigenvalue weighted by Crippen LogP contribution is -2.25. The zero-order valence-electron chi connectivity index (χ0n) is 10.7.